The molecule has 80 valence electrons. The van der Waals surface area contributed by atoms with Crippen molar-refractivity contribution in [3.63, 3.8) is 0 Å². The highest BCUT2D eigenvalue weighted by molar-refractivity contribution is 5.92. The molecule has 1 aromatic rings. The Bertz CT molecular complexity index is 374. The molecule has 3 nitrogen and oxygen atoms in total. The molecule has 1 amide bonds. The third-order valence-corrected chi connectivity index (χ3v) is 2.53. The van der Waals surface area contributed by atoms with Gasteiger partial charge in [0.15, 0.2) is 0 Å². The first-order chi connectivity index (χ1) is 7.31. The third-order valence-electron chi connectivity index (χ3n) is 2.53. The Hall–Kier alpha value is -1.51. The average molecular weight is 205 g/mol. The molecule has 0 spiro atoms. The molecule has 0 atom stereocenters. The molecule has 0 saturated heterocycles. The minimum atomic E-state index is 0.0255. The normalized spacial score (nSPS) is 13.9. The molecule has 1 heterocycles. The number of nitrogens with one attached hydrogen (secondary N) is 1. The van der Waals surface area contributed by atoms with Crippen LogP contribution in [0.1, 0.15) is 25.3 Å². The molecule has 0 radical (unpaired) electrons. The van der Waals surface area contributed by atoms with Crippen molar-refractivity contribution in [3.05, 3.63) is 23.8 Å². The van der Waals surface area contributed by atoms with Crippen LogP contribution in [0.25, 0.3) is 0 Å². The lowest BCUT2D eigenvalue weighted by Crippen LogP contribution is -2.14. The van der Waals surface area contributed by atoms with E-state index in [1.54, 1.807) is 0 Å². The predicted octanol–water partition coefficient (Wildman–Crippen LogP) is 2.36. The lowest BCUT2D eigenvalue weighted by Gasteiger charge is -2.20. The van der Waals surface area contributed by atoms with Gasteiger partial charge in [-0.1, -0.05) is 19.1 Å². The third kappa shape index (κ3) is 2.12. The number of carbonyl (C=O) groups is 1. The van der Waals surface area contributed by atoms with Gasteiger partial charge in [0.25, 0.3) is 0 Å². The first-order valence-corrected chi connectivity index (χ1v) is 5.36. The maximum atomic E-state index is 11.3. The van der Waals surface area contributed by atoms with E-state index in [-0.39, 0.29) is 5.91 Å². The summed E-state index contributed by atoms with van der Waals surface area (Å²) in [5.74, 6) is 0.878. The van der Waals surface area contributed by atoms with Gasteiger partial charge in [-0.05, 0) is 24.5 Å². The van der Waals surface area contributed by atoms with E-state index in [1.807, 2.05) is 19.1 Å². The summed E-state index contributed by atoms with van der Waals surface area (Å²) in [6, 6.07) is 5.90. The molecule has 15 heavy (non-hydrogen) atoms. The van der Waals surface area contributed by atoms with Crippen molar-refractivity contribution in [2.45, 2.75) is 26.2 Å². The van der Waals surface area contributed by atoms with Gasteiger partial charge < -0.3 is 10.1 Å². The van der Waals surface area contributed by atoms with E-state index in [1.165, 1.54) is 5.56 Å². The Morgan fingerprint density at radius 1 is 1.53 bits per heavy atom. The SMILES string of the molecule is CCC(=O)Nc1cccc2c1OCCC2. The minimum absolute atomic E-state index is 0.0255. The number of aryl methyl sites for hydroxylation is 1. The molecule has 2 rings (SSSR count). The highest BCUT2D eigenvalue weighted by Gasteiger charge is 2.14. The maximum absolute atomic E-state index is 11.3. The van der Waals surface area contributed by atoms with Gasteiger partial charge in [-0.25, -0.2) is 0 Å². The zero-order valence-corrected chi connectivity index (χ0v) is 8.88. The Kier molecular flexibility index (Phi) is 2.90. The second kappa shape index (κ2) is 4.34. The predicted molar refractivity (Wildman–Crippen MR) is 59.2 cm³/mol. The number of carbonyl (C=O) groups excluding carboxylic acids is 1. The van der Waals surface area contributed by atoms with E-state index in [4.69, 9.17) is 4.74 Å². The topological polar surface area (TPSA) is 38.3 Å². The zero-order valence-electron chi connectivity index (χ0n) is 8.88. The summed E-state index contributed by atoms with van der Waals surface area (Å²) in [5.41, 5.74) is 1.99. The van der Waals surface area contributed by atoms with Gasteiger partial charge in [-0.15, -0.1) is 0 Å². The largest absolute Gasteiger partial charge is 0.491 e. The van der Waals surface area contributed by atoms with Crippen LogP contribution in [0.3, 0.4) is 0 Å². The number of para-hydroxylation sites is 1. The number of hydrogen-bond acceptors (Lipinski definition) is 2. The number of fused-ring (bicyclic) bond motifs is 1. The van der Waals surface area contributed by atoms with Crippen LogP contribution in [0.2, 0.25) is 0 Å². The molecule has 1 aromatic carbocycles. The maximum Gasteiger partial charge on any atom is 0.224 e. The molecule has 1 aliphatic heterocycles. The van der Waals surface area contributed by atoms with Crippen molar-refractivity contribution in [3.8, 4) is 5.75 Å². The Morgan fingerprint density at radius 3 is 3.20 bits per heavy atom. The van der Waals surface area contributed by atoms with Crippen molar-refractivity contribution >= 4 is 11.6 Å². The molecule has 1 aliphatic rings. The van der Waals surface area contributed by atoms with Crippen LogP contribution in [0.4, 0.5) is 5.69 Å². The van der Waals surface area contributed by atoms with Crippen LogP contribution >= 0.6 is 0 Å². The van der Waals surface area contributed by atoms with Crippen LogP contribution in [-0.2, 0) is 11.2 Å². The second-order valence-electron chi connectivity index (χ2n) is 3.65. The van der Waals surface area contributed by atoms with Crippen molar-refractivity contribution < 1.29 is 9.53 Å². The summed E-state index contributed by atoms with van der Waals surface area (Å²) >= 11 is 0. The van der Waals surface area contributed by atoms with E-state index < -0.39 is 0 Å². The highest BCUT2D eigenvalue weighted by atomic mass is 16.5. The van der Waals surface area contributed by atoms with Crippen molar-refractivity contribution in [1.82, 2.24) is 0 Å². The number of ether oxygens (including phenoxy) is 1. The van der Waals surface area contributed by atoms with E-state index >= 15 is 0 Å². The van der Waals surface area contributed by atoms with Crippen LogP contribution in [0.15, 0.2) is 18.2 Å². The number of anilines is 1. The zero-order chi connectivity index (χ0) is 10.7. The quantitative estimate of drug-likeness (QED) is 0.804. The second-order valence-corrected chi connectivity index (χ2v) is 3.65. The fourth-order valence-corrected chi connectivity index (χ4v) is 1.73. The lowest BCUT2D eigenvalue weighted by atomic mass is 10.1. The summed E-state index contributed by atoms with van der Waals surface area (Å²) in [6.45, 7) is 2.58. The number of amides is 1. The van der Waals surface area contributed by atoms with Gasteiger partial charge in [-0.2, -0.15) is 0 Å². The van der Waals surface area contributed by atoms with Crippen molar-refractivity contribution in [2.24, 2.45) is 0 Å². The van der Waals surface area contributed by atoms with Crippen LogP contribution in [0.5, 0.6) is 5.75 Å². The van der Waals surface area contributed by atoms with Gasteiger partial charge in [0.2, 0.25) is 5.91 Å². The molecule has 0 fully saturated rings. The summed E-state index contributed by atoms with van der Waals surface area (Å²) in [6.07, 6.45) is 2.58. The molecule has 0 saturated carbocycles. The first-order valence-electron chi connectivity index (χ1n) is 5.36. The Balaban J connectivity index is 2.27. The van der Waals surface area contributed by atoms with Crippen LogP contribution in [-0.4, -0.2) is 12.5 Å². The number of hydrogen-bond donors (Lipinski definition) is 1. The van der Waals surface area contributed by atoms with Crippen LogP contribution in [0, 0.1) is 0 Å². The summed E-state index contributed by atoms with van der Waals surface area (Å²) in [4.78, 5) is 11.3. The van der Waals surface area contributed by atoms with Gasteiger partial charge >= 0.3 is 0 Å². The summed E-state index contributed by atoms with van der Waals surface area (Å²) in [7, 11) is 0. The molecule has 0 bridgehead atoms. The molecule has 0 aromatic heterocycles. The van der Waals surface area contributed by atoms with Crippen LogP contribution < -0.4 is 10.1 Å². The molecule has 1 N–H and O–H groups in total. The lowest BCUT2D eigenvalue weighted by molar-refractivity contribution is -0.115. The minimum Gasteiger partial charge on any atom is -0.491 e. The van der Waals surface area contributed by atoms with E-state index in [2.05, 4.69) is 11.4 Å². The van der Waals surface area contributed by atoms with Crippen molar-refractivity contribution in [1.29, 1.82) is 0 Å². The number of benzene rings is 1. The molecular weight excluding hydrogens is 190 g/mol. The molecule has 3 heteroatoms. The van der Waals surface area contributed by atoms with Crippen molar-refractivity contribution in [2.75, 3.05) is 11.9 Å². The van der Waals surface area contributed by atoms with Gasteiger partial charge in [-0.3, -0.25) is 4.79 Å². The number of rotatable bonds is 2. The Labute approximate surface area is 89.4 Å². The fourth-order valence-electron chi connectivity index (χ4n) is 1.73. The van der Waals surface area contributed by atoms with E-state index in [0.29, 0.717) is 6.42 Å². The van der Waals surface area contributed by atoms with E-state index in [9.17, 15) is 4.79 Å². The smallest absolute Gasteiger partial charge is 0.224 e. The fraction of sp³-hybridized carbons (Fsp3) is 0.417. The summed E-state index contributed by atoms with van der Waals surface area (Å²) in [5, 5.41) is 2.86. The molecule has 0 aliphatic carbocycles. The van der Waals surface area contributed by atoms with Gasteiger partial charge in [0.05, 0.1) is 12.3 Å². The summed E-state index contributed by atoms with van der Waals surface area (Å²) < 4.78 is 5.59. The van der Waals surface area contributed by atoms with E-state index in [0.717, 1.165) is 30.9 Å². The first kappa shape index (κ1) is 10.0. The highest BCUT2D eigenvalue weighted by Crippen LogP contribution is 2.32. The average Bonchev–Trinajstić information content (AvgIpc) is 2.29. The molecule has 0 unspecified atom stereocenters. The molecular formula is C12H15NO2. The standard InChI is InChI=1S/C12H15NO2/c1-2-11(14)13-10-7-3-5-9-6-4-8-15-12(9)10/h3,5,7H,2,4,6,8H2,1H3,(H,13,14). The monoisotopic (exact) mass is 205 g/mol. The van der Waals surface area contributed by atoms with Gasteiger partial charge in [0, 0.05) is 6.42 Å². The Morgan fingerprint density at radius 2 is 2.40 bits per heavy atom. The van der Waals surface area contributed by atoms with Gasteiger partial charge in [0.1, 0.15) is 5.75 Å².